The maximum absolute atomic E-state index is 3.86. The predicted molar refractivity (Wildman–Crippen MR) is 42.7 cm³/mol. The van der Waals surface area contributed by atoms with Gasteiger partial charge in [0.05, 0.1) is 0 Å². The Balaban J connectivity index is 2.91. The fourth-order valence-electron chi connectivity index (χ4n) is 0.559. The Morgan fingerprint density at radius 3 is 1.78 bits per heavy atom. The molecule has 0 spiro atoms. The Kier molecular flexibility index (Phi) is 6.80. The van der Waals surface area contributed by atoms with E-state index >= 15 is 0 Å². The van der Waals surface area contributed by atoms with E-state index in [1.165, 1.54) is 0 Å². The standard InChI is InChI=1S/C7H14N2/c1-8-6-4-3-5-7-9-2/h6-7H,3-5H2,1-2H3/b8-6+,9-7+. The lowest BCUT2D eigenvalue weighted by Gasteiger charge is -1.85. The lowest BCUT2D eigenvalue weighted by atomic mass is 10.3. The molecule has 52 valence electrons. The van der Waals surface area contributed by atoms with Gasteiger partial charge in [-0.2, -0.15) is 0 Å². The van der Waals surface area contributed by atoms with E-state index in [4.69, 9.17) is 0 Å². The van der Waals surface area contributed by atoms with Crippen LogP contribution in [0.4, 0.5) is 0 Å². The van der Waals surface area contributed by atoms with E-state index < -0.39 is 0 Å². The molecule has 2 heteroatoms. The second kappa shape index (κ2) is 7.34. The molecule has 0 aromatic heterocycles. The van der Waals surface area contributed by atoms with Crippen molar-refractivity contribution in [2.45, 2.75) is 19.3 Å². The Bertz CT molecular complexity index is 83.1. The SMILES string of the molecule is C/N=C/CCC/C=N/C. The van der Waals surface area contributed by atoms with E-state index in [9.17, 15) is 0 Å². The van der Waals surface area contributed by atoms with Crippen molar-refractivity contribution in [3.63, 3.8) is 0 Å². The molecule has 0 unspecified atom stereocenters. The summed E-state index contributed by atoms with van der Waals surface area (Å²) in [6, 6.07) is 0. The maximum atomic E-state index is 3.86. The zero-order chi connectivity index (χ0) is 6.95. The molecule has 0 bridgehead atoms. The van der Waals surface area contributed by atoms with Crippen molar-refractivity contribution in [3.05, 3.63) is 0 Å². The molecular formula is C7H14N2. The van der Waals surface area contributed by atoms with Crippen LogP contribution >= 0.6 is 0 Å². The summed E-state index contributed by atoms with van der Waals surface area (Å²) < 4.78 is 0. The van der Waals surface area contributed by atoms with E-state index in [2.05, 4.69) is 9.98 Å². The molecule has 9 heavy (non-hydrogen) atoms. The van der Waals surface area contributed by atoms with Gasteiger partial charge in [0, 0.05) is 14.1 Å². The first-order chi connectivity index (χ1) is 4.41. The number of nitrogens with zero attached hydrogens (tertiary/aromatic N) is 2. The Hall–Kier alpha value is -0.660. The molecule has 0 heterocycles. The lowest BCUT2D eigenvalue weighted by molar-refractivity contribution is 0.941. The van der Waals surface area contributed by atoms with Gasteiger partial charge in [0.15, 0.2) is 0 Å². The summed E-state index contributed by atoms with van der Waals surface area (Å²) in [6.45, 7) is 0. The second-order valence-corrected chi connectivity index (χ2v) is 1.81. The molecule has 0 saturated heterocycles. The number of unbranched alkanes of at least 4 members (excludes halogenated alkanes) is 2. The molecule has 0 fully saturated rings. The highest BCUT2D eigenvalue weighted by Crippen LogP contribution is 1.88. The third-order valence-electron chi connectivity index (χ3n) is 1.03. The summed E-state index contributed by atoms with van der Waals surface area (Å²) in [4.78, 5) is 7.73. The fraction of sp³-hybridized carbons (Fsp3) is 0.714. The van der Waals surface area contributed by atoms with Crippen molar-refractivity contribution >= 4 is 12.4 Å². The largest absolute Gasteiger partial charge is 0.301 e. The quantitative estimate of drug-likeness (QED) is 0.403. The minimum absolute atomic E-state index is 1.07. The molecule has 0 rings (SSSR count). The summed E-state index contributed by atoms with van der Waals surface area (Å²) in [6.07, 6.45) is 7.17. The van der Waals surface area contributed by atoms with E-state index in [-0.39, 0.29) is 0 Å². The Morgan fingerprint density at radius 1 is 1.00 bits per heavy atom. The third-order valence-corrected chi connectivity index (χ3v) is 1.03. The second-order valence-electron chi connectivity index (χ2n) is 1.81. The van der Waals surface area contributed by atoms with Crippen molar-refractivity contribution in [1.82, 2.24) is 0 Å². The van der Waals surface area contributed by atoms with Crippen molar-refractivity contribution in [2.75, 3.05) is 14.1 Å². The number of rotatable bonds is 4. The van der Waals surface area contributed by atoms with Gasteiger partial charge in [-0.25, -0.2) is 0 Å². The molecule has 0 atom stereocenters. The first-order valence-electron chi connectivity index (χ1n) is 3.23. The van der Waals surface area contributed by atoms with Gasteiger partial charge >= 0.3 is 0 Å². The molecule has 0 aromatic carbocycles. The minimum Gasteiger partial charge on any atom is -0.301 e. The van der Waals surface area contributed by atoms with Crippen molar-refractivity contribution in [2.24, 2.45) is 9.98 Å². The maximum Gasteiger partial charge on any atom is 0.0273 e. The van der Waals surface area contributed by atoms with Gasteiger partial charge in [0.1, 0.15) is 0 Å². The zero-order valence-electron chi connectivity index (χ0n) is 6.17. The highest BCUT2D eigenvalue weighted by molar-refractivity contribution is 5.60. The molecular weight excluding hydrogens is 112 g/mol. The molecule has 2 nitrogen and oxygen atoms in total. The monoisotopic (exact) mass is 126 g/mol. The topological polar surface area (TPSA) is 24.7 Å². The van der Waals surface area contributed by atoms with Crippen LogP contribution in [-0.4, -0.2) is 26.5 Å². The molecule has 0 N–H and O–H groups in total. The average Bonchev–Trinajstić information content (AvgIpc) is 1.89. The van der Waals surface area contributed by atoms with E-state index in [0.717, 1.165) is 19.3 Å². The molecule has 0 aliphatic carbocycles. The third kappa shape index (κ3) is 7.34. The highest BCUT2D eigenvalue weighted by Gasteiger charge is 1.78. The summed E-state index contributed by atoms with van der Waals surface area (Å²) in [5, 5.41) is 0. The van der Waals surface area contributed by atoms with Crippen LogP contribution in [-0.2, 0) is 0 Å². The molecule has 0 radical (unpaired) electrons. The predicted octanol–water partition coefficient (Wildman–Crippen LogP) is 1.56. The summed E-state index contributed by atoms with van der Waals surface area (Å²) in [5.41, 5.74) is 0. The van der Waals surface area contributed by atoms with Gasteiger partial charge in [-0.1, -0.05) is 0 Å². The van der Waals surface area contributed by atoms with Crippen LogP contribution in [0.2, 0.25) is 0 Å². The van der Waals surface area contributed by atoms with Crippen LogP contribution in [0.15, 0.2) is 9.98 Å². The molecule has 0 aliphatic heterocycles. The first kappa shape index (κ1) is 8.34. The number of aliphatic imine (C=N–C) groups is 2. The van der Waals surface area contributed by atoms with E-state index in [1.807, 2.05) is 12.4 Å². The van der Waals surface area contributed by atoms with Crippen LogP contribution in [0, 0.1) is 0 Å². The van der Waals surface area contributed by atoms with Crippen LogP contribution < -0.4 is 0 Å². The van der Waals surface area contributed by atoms with Gasteiger partial charge in [0.2, 0.25) is 0 Å². The summed E-state index contributed by atoms with van der Waals surface area (Å²) >= 11 is 0. The molecule has 0 saturated carbocycles. The fourth-order valence-corrected chi connectivity index (χ4v) is 0.559. The van der Waals surface area contributed by atoms with Gasteiger partial charge in [-0.3, -0.25) is 0 Å². The summed E-state index contributed by atoms with van der Waals surface area (Å²) in [7, 11) is 3.60. The molecule has 0 aromatic rings. The van der Waals surface area contributed by atoms with Gasteiger partial charge in [0.25, 0.3) is 0 Å². The van der Waals surface area contributed by atoms with Crippen molar-refractivity contribution < 1.29 is 0 Å². The number of hydrogen-bond donors (Lipinski definition) is 0. The molecule has 0 amide bonds. The van der Waals surface area contributed by atoms with Crippen LogP contribution in [0.3, 0.4) is 0 Å². The van der Waals surface area contributed by atoms with Crippen molar-refractivity contribution in [1.29, 1.82) is 0 Å². The Morgan fingerprint density at radius 2 is 1.44 bits per heavy atom. The molecule has 0 aliphatic rings. The Labute approximate surface area is 56.7 Å². The van der Waals surface area contributed by atoms with E-state index in [0.29, 0.717) is 0 Å². The van der Waals surface area contributed by atoms with Gasteiger partial charge in [-0.05, 0) is 31.7 Å². The highest BCUT2D eigenvalue weighted by atomic mass is 14.6. The smallest absolute Gasteiger partial charge is 0.0273 e. The summed E-state index contributed by atoms with van der Waals surface area (Å²) in [5.74, 6) is 0. The average molecular weight is 126 g/mol. The van der Waals surface area contributed by atoms with E-state index in [1.54, 1.807) is 14.1 Å². The minimum atomic E-state index is 1.07. The van der Waals surface area contributed by atoms with Crippen molar-refractivity contribution in [3.8, 4) is 0 Å². The van der Waals surface area contributed by atoms with Crippen LogP contribution in [0.1, 0.15) is 19.3 Å². The van der Waals surface area contributed by atoms with Gasteiger partial charge in [-0.15, -0.1) is 0 Å². The van der Waals surface area contributed by atoms with Gasteiger partial charge < -0.3 is 9.98 Å². The number of hydrogen-bond acceptors (Lipinski definition) is 2. The van der Waals surface area contributed by atoms with Crippen LogP contribution in [0.5, 0.6) is 0 Å². The zero-order valence-corrected chi connectivity index (χ0v) is 6.17. The first-order valence-corrected chi connectivity index (χ1v) is 3.23. The van der Waals surface area contributed by atoms with Crippen LogP contribution in [0.25, 0.3) is 0 Å². The lowest BCUT2D eigenvalue weighted by Crippen LogP contribution is -1.78. The normalized spacial score (nSPS) is 11.8.